The molecular weight excluding hydrogens is 375 g/mol. The molecule has 2 aliphatic heterocycles. The maximum atomic E-state index is 12.5. The summed E-state index contributed by atoms with van der Waals surface area (Å²) in [5.74, 6) is 0.709. The Bertz CT molecular complexity index is 588. The lowest BCUT2D eigenvalue weighted by Gasteiger charge is -2.21. The summed E-state index contributed by atoms with van der Waals surface area (Å²) in [6.07, 6.45) is 2.00. The molecule has 1 amide bonds. The molecule has 134 valence electrons. The highest BCUT2D eigenvalue weighted by atomic mass is 35.5. The fourth-order valence-corrected chi connectivity index (χ4v) is 3.32. The summed E-state index contributed by atoms with van der Waals surface area (Å²) in [5, 5.41) is 0.956. The molecule has 24 heavy (non-hydrogen) atoms. The molecule has 0 aromatic heterocycles. The molecule has 2 fully saturated rings. The number of rotatable bonds is 4. The van der Waals surface area contributed by atoms with Gasteiger partial charge in [-0.3, -0.25) is 4.79 Å². The Morgan fingerprint density at radius 3 is 2.75 bits per heavy atom. The van der Waals surface area contributed by atoms with Gasteiger partial charge in [0.15, 0.2) is 0 Å². The van der Waals surface area contributed by atoms with Crippen LogP contribution in [0, 0.1) is 0 Å². The molecule has 0 saturated carbocycles. The van der Waals surface area contributed by atoms with Crippen molar-refractivity contribution in [2.75, 3.05) is 19.6 Å². The van der Waals surface area contributed by atoms with Crippen molar-refractivity contribution in [2.24, 2.45) is 5.73 Å². The molecule has 5 nitrogen and oxygen atoms in total. The molecule has 2 aliphatic rings. The first-order chi connectivity index (χ1) is 11.1. The number of carbonyl (C=O) groups is 1. The largest absolute Gasteiger partial charge is 0.488 e. The highest BCUT2D eigenvalue weighted by molar-refractivity contribution is 6.42. The van der Waals surface area contributed by atoms with Crippen LogP contribution in [-0.4, -0.2) is 48.8 Å². The van der Waals surface area contributed by atoms with Crippen LogP contribution in [-0.2, 0) is 9.53 Å². The molecule has 2 heterocycles. The van der Waals surface area contributed by atoms with Crippen molar-refractivity contribution in [2.45, 2.75) is 37.6 Å². The van der Waals surface area contributed by atoms with Gasteiger partial charge >= 0.3 is 0 Å². The standard InChI is InChI=1S/C16H20Cl2N2O3.ClH/c17-13-3-1-10(7-14(13)18)22-12-5-6-20(9-12)16(21)15-4-2-11(8-19)23-15;/h1,3,7,11-12,15H,2,4-6,8-9,19H2;1H/t11-,12?,15+;/m1./s1. The number of amides is 1. The third kappa shape index (κ3) is 4.46. The minimum atomic E-state index is -0.354. The molecule has 3 atom stereocenters. The maximum Gasteiger partial charge on any atom is 0.251 e. The van der Waals surface area contributed by atoms with Crippen LogP contribution >= 0.6 is 35.6 Å². The van der Waals surface area contributed by atoms with E-state index in [-0.39, 0.29) is 36.6 Å². The van der Waals surface area contributed by atoms with E-state index >= 15 is 0 Å². The average Bonchev–Trinajstić information content (AvgIpc) is 3.19. The first-order valence-corrected chi connectivity index (χ1v) is 8.58. The topological polar surface area (TPSA) is 64.8 Å². The summed E-state index contributed by atoms with van der Waals surface area (Å²) in [4.78, 5) is 14.3. The van der Waals surface area contributed by atoms with Gasteiger partial charge in [0.25, 0.3) is 5.91 Å². The van der Waals surface area contributed by atoms with Gasteiger partial charge in [0.1, 0.15) is 18.0 Å². The second kappa shape index (κ2) is 8.59. The number of carbonyl (C=O) groups excluding carboxylic acids is 1. The summed E-state index contributed by atoms with van der Waals surface area (Å²) in [6, 6.07) is 5.18. The molecule has 1 aromatic rings. The van der Waals surface area contributed by atoms with Gasteiger partial charge in [0.05, 0.1) is 22.7 Å². The number of likely N-dealkylation sites (tertiary alicyclic amines) is 1. The van der Waals surface area contributed by atoms with Crippen LogP contribution in [0.25, 0.3) is 0 Å². The van der Waals surface area contributed by atoms with E-state index in [1.807, 2.05) is 4.90 Å². The third-order valence-corrected chi connectivity index (χ3v) is 5.04. The zero-order valence-electron chi connectivity index (χ0n) is 13.1. The van der Waals surface area contributed by atoms with Crippen LogP contribution in [0.1, 0.15) is 19.3 Å². The van der Waals surface area contributed by atoms with E-state index in [0.29, 0.717) is 35.4 Å². The molecule has 8 heteroatoms. The number of halogens is 3. The molecule has 1 unspecified atom stereocenters. The summed E-state index contributed by atoms with van der Waals surface area (Å²) < 4.78 is 11.6. The molecule has 0 radical (unpaired) electrons. The van der Waals surface area contributed by atoms with Crippen LogP contribution in [0.2, 0.25) is 10.0 Å². The van der Waals surface area contributed by atoms with Crippen molar-refractivity contribution in [3.63, 3.8) is 0 Å². The smallest absolute Gasteiger partial charge is 0.251 e. The van der Waals surface area contributed by atoms with Crippen molar-refractivity contribution in [1.82, 2.24) is 4.90 Å². The molecule has 2 saturated heterocycles. The zero-order chi connectivity index (χ0) is 16.4. The first kappa shape index (κ1) is 19.6. The van der Waals surface area contributed by atoms with Crippen LogP contribution in [0.4, 0.5) is 0 Å². The van der Waals surface area contributed by atoms with Gasteiger partial charge < -0.3 is 20.1 Å². The van der Waals surface area contributed by atoms with E-state index in [0.717, 1.165) is 19.3 Å². The molecule has 1 aromatic carbocycles. The van der Waals surface area contributed by atoms with Crippen molar-refractivity contribution >= 4 is 41.5 Å². The number of nitrogens with two attached hydrogens (primary N) is 1. The van der Waals surface area contributed by atoms with Gasteiger partial charge in [-0.15, -0.1) is 12.4 Å². The molecule has 0 spiro atoms. The van der Waals surface area contributed by atoms with Gasteiger partial charge in [-0.2, -0.15) is 0 Å². The number of ether oxygens (including phenoxy) is 2. The van der Waals surface area contributed by atoms with Crippen molar-refractivity contribution in [1.29, 1.82) is 0 Å². The Balaban J connectivity index is 0.00000208. The first-order valence-electron chi connectivity index (χ1n) is 7.83. The van der Waals surface area contributed by atoms with Crippen LogP contribution in [0.5, 0.6) is 5.75 Å². The predicted octanol–water partition coefficient (Wildman–Crippen LogP) is 2.90. The van der Waals surface area contributed by atoms with E-state index in [4.69, 9.17) is 38.4 Å². The molecule has 2 N–H and O–H groups in total. The summed E-state index contributed by atoms with van der Waals surface area (Å²) >= 11 is 11.9. The van der Waals surface area contributed by atoms with E-state index in [2.05, 4.69) is 0 Å². The summed E-state index contributed by atoms with van der Waals surface area (Å²) in [5.41, 5.74) is 5.59. The Morgan fingerprint density at radius 2 is 2.08 bits per heavy atom. The molecule has 0 bridgehead atoms. The van der Waals surface area contributed by atoms with E-state index < -0.39 is 0 Å². The normalized spacial score (nSPS) is 26.3. The van der Waals surface area contributed by atoms with Crippen LogP contribution in [0.3, 0.4) is 0 Å². The molecule has 3 rings (SSSR count). The summed E-state index contributed by atoms with van der Waals surface area (Å²) in [6.45, 7) is 1.71. The molecular formula is C16H21Cl3N2O3. The predicted molar refractivity (Wildman–Crippen MR) is 96.3 cm³/mol. The quantitative estimate of drug-likeness (QED) is 0.851. The Labute approximate surface area is 157 Å². The van der Waals surface area contributed by atoms with Crippen molar-refractivity contribution in [3.8, 4) is 5.75 Å². The minimum Gasteiger partial charge on any atom is -0.488 e. The number of nitrogens with zero attached hydrogens (tertiary/aromatic N) is 1. The highest BCUT2D eigenvalue weighted by Gasteiger charge is 2.36. The monoisotopic (exact) mass is 394 g/mol. The van der Waals surface area contributed by atoms with E-state index in [1.165, 1.54) is 0 Å². The zero-order valence-corrected chi connectivity index (χ0v) is 15.4. The minimum absolute atomic E-state index is 0. The highest BCUT2D eigenvalue weighted by Crippen LogP contribution is 2.28. The van der Waals surface area contributed by atoms with Gasteiger partial charge in [0.2, 0.25) is 0 Å². The van der Waals surface area contributed by atoms with Crippen LogP contribution < -0.4 is 10.5 Å². The van der Waals surface area contributed by atoms with Gasteiger partial charge in [0, 0.05) is 25.6 Å². The lowest BCUT2D eigenvalue weighted by Crippen LogP contribution is -2.39. The van der Waals surface area contributed by atoms with Crippen LogP contribution in [0.15, 0.2) is 18.2 Å². The van der Waals surface area contributed by atoms with E-state index in [9.17, 15) is 4.79 Å². The number of hydrogen-bond donors (Lipinski definition) is 1. The fourth-order valence-electron chi connectivity index (χ4n) is 3.03. The molecule has 0 aliphatic carbocycles. The second-order valence-electron chi connectivity index (χ2n) is 5.95. The lowest BCUT2D eigenvalue weighted by atomic mass is 10.2. The van der Waals surface area contributed by atoms with Gasteiger partial charge in [-0.25, -0.2) is 0 Å². The SMILES string of the molecule is Cl.NC[C@H]1CC[C@@H](C(=O)N2CCC(Oc3ccc(Cl)c(Cl)c3)C2)O1. The average molecular weight is 396 g/mol. The summed E-state index contributed by atoms with van der Waals surface area (Å²) in [7, 11) is 0. The van der Waals surface area contributed by atoms with Gasteiger partial charge in [-0.1, -0.05) is 23.2 Å². The van der Waals surface area contributed by atoms with E-state index in [1.54, 1.807) is 18.2 Å². The Hall–Kier alpha value is -0.720. The fraction of sp³-hybridized carbons (Fsp3) is 0.562. The Kier molecular flexibility index (Phi) is 7.01. The van der Waals surface area contributed by atoms with Crippen molar-refractivity contribution in [3.05, 3.63) is 28.2 Å². The second-order valence-corrected chi connectivity index (χ2v) is 6.76. The number of benzene rings is 1. The third-order valence-electron chi connectivity index (χ3n) is 4.30. The number of hydrogen-bond acceptors (Lipinski definition) is 4. The van der Waals surface area contributed by atoms with Gasteiger partial charge in [-0.05, 0) is 25.0 Å². The lowest BCUT2D eigenvalue weighted by molar-refractivity contribution is -0.141. The van der Waals surface area contributed by atoms with Crippen molar-refractivity contribution < 1.29 is 14.3 Å². The maximum absolute atomic E-state index is 12.5. The Morgan fingerprint density at radius 1 is 1.29 bits per heavy atom.